The number of ether oxygens (including phenoxy) is 1. The van der Waals surface area contributed by atoms with Gasteiger partial charge in [-0.1, -0.05) is 31.6 Å². The summed E-state index contributed by atoms with van der Waals surface area (Å²) in [5, 5.41) is 3.13. The maximum atomic E-state index is 11.6. The number of carbonyl (C=O) groups excluding carboxylic acids is 2. The lowest BCUT2D eigenvalue weighted by atomic mass is 9.48. The Labute approximate surface area is 162 Å². The fourth-order valence-corrected chi connectivity index (χ4v) is 6.91. The summed E-state index contributed by atoms with van der Waals surface area (Å²) in [7, 11) is 0. The molecule has 0 aromatic heterocycles. The number of allylic oxidation sites excluding steroid dienone is 3. The van der Waals surface area contributed by atoms with Gasteiger partial charge in [0.05, 0.1) is 0 Å². The van der Waals surface area contributed by atoms with Gasteiger partial charge in [-0.3, -0.25) is 9.59 Å². The highest BCUT2D eigenvalue weighted by Gasteiger charge is 2.57. The van der Waals surface area contributed by atoms with Crippen LogP contribution in [0.15, 0.2) is 23.4 Å². The first-order valence-corrected chi connectivity index (χ1v) is 10.6. The molecular weight excluding hydrogens is 338 g/mol. The fraction of sp³-hybridized carbons (Fsp3) is 0.739. The van der Waals surface area contributed by atoms with E-state index in [1.165, 1.54) is 18.9 Å². The van der Waals surface area contributed by atoms with E-state index in [2.05, 4.69) is 31.3 Å². The molecule has 4 aliphatic rings. The van der Waals surface area contributed by atoms with Crippen molar-refractivity contribution in [1.82, 2.24) is 5.32 Å². The van der Waals surface area contributed by atoms with Crippen molar-refractivity contribution in [2.45, 2.75) is 78.7 Å². The monoisotopic (exact) mass is 371 g/mol. The summed E-state index contributed by atoms with van der Waals surface area (Å²) in [6.07, 6.45) is 12.4. The zero-order valence-corrected chi connectivity index (χ0v) is 17.1. The standard InChI is InChI=1S/C23H33NO3/c1-14(25)24-21-8-7-19-18-6-5-16-13-17(27-15(2)26)9-11-22(16,3)20(18)10-12-23(19,21)4/h5,8,17-20H,6-7,9-13H2,1-4H3,(H,24,25)/t17-,18?,19?,20?,22-,23?/m0/s1. The lowest BCUT2D eigenvalue weighted by Gasteiger charge is -2.57. The number of nitrogens with one attached hydrogen (secondary N) is 1. The van der Waals surface area contributed by atoms with Crippen LogP contribution in [0.4, 0.5) is 0 Å². The normalized spacial score (nSPS) is 42.8. The Hall–Kier alpha value is -1.58. The average Bonchev–Trinajstić information content (AvgIpc) is 2.91. The molecule has 0 heterocycles. The maximum Gasteiger partial charge on any atom is 0.302 e. The van der Waals surface area contributed by atoms with Crippen molar-refractivity contribution in [2.75, 3.05) is 0 Å². The quantitative estimate of drug-likeness (QED) is 0.574. The molecule has 1 amide bonds. The third kappa shape index (κ3) is 2.96. The number of hydrogen-bond acceptors (Lipinski definition) is 3. The van der Waals surface area contributed by atoms with Crippen LogP contribution < -0.4 is 5.32 Å². The highest BCUT2D eigenvalue weighted by Crippen LogP contribution is 2.64. The van der Waals surface area contributed by atoms with Crippen molar-refractivity contribution < 1.29 is 14.3 Å². The minimum Gasteiger partial charge on any atom is -0.462 e. The Morgan fingerprint density at radius 3 is 2.48 bits per heavy atom. The molecule has 4 rings (SSSR count). The van der Waals surface area contributed by atoms with Gasteiger partial charge in [0.2, 0.25) is 5.91 Å². The molecule has 148 valence electrons. The topological polar surface area (TPSA) is 55.4 Å². The van der Waals surface area contributed by atoms with Crippen molar-refractivity contribution in [2.24, 2.45) is 28.6 Å². The van der Waals surface area contributed by atoms with E-state index in [4.69, 9.17) is 4.74 Å². The summed E-state index contributed by atoms with van der Waals surface area (Å²) in [6, 6.07) is 0. The van der Waals surface area contributed by atoms with E-state index in [0.717, 1.165) is 44.2 Å². The van der Waals surface area contributed by atoms with Gasteiger partial charge in [0.15, 0.2) is 0 Å². The van der Waals surface area contributed by atoms with Crippen molar-refractivity contribution in [3.05, 3.63) is 23.4 Å². The van der Waals surface area contributed by atoms with E-state index in [1.54, 1.807) is 6.92 Å². The Morgan fingerprint density at radius 2 is 1.78 bits per heavy atom. The van der Waals surface area contributed by atoms with Crippen LogP contribution in [0.2, 0.25) is 0 Å². The molecule has 2 saturated carbocycles. The van der Waals surface area contributed by atoms with E-state index in [0.29, 0.717) is 17.8 Å². The van der Waals surface area contributed by atoms with Gasteiger partial charge in [0, 0.05) is 31.4 Å². The molecule has 4 aliphatic carbocycles. The zero-order valence-electron chi connectivity index (χ0n) is 17.1. The van der Waals surface area contributed by atoms with Gasteiger partial charge < -0.3 is 10.1 Å². The number of esters is 1. The van der Waals surface area contributed by atoms with Gasteiger partial charge in [-0.25, -0.2) is 0 Å². The predicted molar refractivity (Wildman–Crippen MR) is 105 cm³/mol. The lowest BCUT2D eigenvalue weighted by molar-refractivity contribution is -0.148. The Morgan fingerprint density at radius 1 is 1.04 bits per heavy atom. The van der Waals surface area contributed by atoms with Crippen LogP contribution >= 0.6 is 0 Å². The van der Waals surface area contributed by atoms with Crippen molar-refractivity contribution in [1.29, 1.82) is 0 Å². The molecule has 0 aromatic carbocycles. The molecule has 6 atom stereocenters. The number of amides is 1. The van der Waals surface area contributed by atoms with Crippen LogP contribution in [-0.2, 0) is 14.3 Å². The molecule has 27 heavy (non-hydrogen) atoms. The molecular formula is C23H33NO3. The summed E-state index contributed by atoms with van der Waals surface area (Å²) < 4.78 is 5.53. The summed E-state index contributed by atoms with van der Waals surface area (Å²) in [4.78, 5) is 23.0. The number of fused-ring (bicyclic) bond motifs is 5. The second-order valence-corrected chi connectivity index (χ2v) is 9.72. The molecule has 4 nitrogen and oxygen atoms in total. The highest BCUT2D eigenvalue weighted by atomic mass is 16.5. The van der Waals surface area contributed by atoms with E-state index < -0.39 is 0 Å². The summed E-state index contributed by atoms with van der Waals surface area (Å²) in [5.74, 6) is 1.91. The smallest absolute Gasteiger partial charge is 0.302 e. The predicted octanol–water partition coefficient (Wildman–Crippen LogP) is 4.51. The van der Waals surface area contributed by atoms with Gasteiger partial charge in [0.1, 0.15) is 6.10 Å². The van der Waals surface area contributed by atoms with E-state index in [-0.39, 0.29) is 28.8 Å². The Balaban J connectivity index is 1.56. The molecule has 4 heteroatoms. The van der Waals surface area contributed by atoms with Crippen molar-refractivity contribution >= 4 is 11.9 Å². The second-order valence-electron chi connectivity index (χ2n) is 9.72. The third-order valence-electron chi connectivity index (χ3n) is 8.28. The Bertz CT molecular complexity index is 723. The minimum atomic E-state index is -0.158. The molecule has 0 aliphatic heterocycles. The Kier molecular flexibility index (Phi) is 4.51. The number of rotatable bonds is 2. The first-order valence-electron chi connectivity index (χ1n) is 10.6. The first kappa shape index (κ1) is 18.8. The van der Waals surface area contributed by atoms with Gasteiger partial charge in [-0.2, -0.15) is 0 Å². The van der Waals surface area contributed by atoms with Crippen LogP contribution in [0.3, 0.4) is 0 Å². The van der Waals surface area contributed by atoms with E-state index in [9.17, 15) is 9.59 Å². The molecule has 0 saturated heterocycles. The number of carbonyl (C=O) groups is 2. The molecule has 0 bridgehead atoms. The van der Waals surface area contributed by atoms with Crippen molar-refractivity contribution in [3.63, 3.8) is 0 Å². The van der Waals surface area contributed by atoms with Gasteiger partial charge >= 0.3 is 5.97 Å². The summed E-state index contributed by atoms with van der Waals surface area (Å²) in [6.45, 7) is 7.95. The van der Waals surface area contributed by atoms with E-state index >= 15 is 0 Å². The lowest BCUT2D eigenvalue weighted by Crippen LogP contribution is -2.51. The largest absolute Gasteiger partial charge is 0.462 e. The zero-order chi connectivity index (χ0) is 19.4. The van der Waals surface area contributed by atoms with Gasteiger partial charge in [0.25, 0.3) is 0 Å². The van der Waals surface area contributed by atoms with Crippen LogP contribution in [0.25, 0.3) is 0 Å². The first-order chi connectivity index (χ1) is 12.7. The molecule has 0 aromatic rings. The van der Waals surface area contributed by atoms with Gasteiger partial charge in [-0.05, 0) is 61.7 Å². The molecule has 4 unspecified atom stereocenters. The fourth-order valence-electron chi connectivity index (χ4n) is 6.91. The molecule has 1 N–H and O–H groups in total. The SMILES string of the molecule is CC(=O)NC1=CCC2C3CC=C4C[C@@H](OC(C)=O)CC[C@]4(C)C3CCC12C. The van der Waals surface area contributed by atoms with Crippen molar-refractivity contribution in [3.8, 4) is 0 Å². The second kappa shape index (κ2) is 6.49. The average molecular weight is 372 g/mol. The van der Waals surface area contributed by atoms with Crippen LogP contribution in [0.5, 0.6) is 0 Å². The highest BCUT2D eigenvalue weighted by molar-refractivity contribution is 5.75. The van der Waals surface area contributed by atoms with Gasteiger partial charge in [-0.15, -0.1) is 0 Å². The van der Waals surface area contributed by atoms with Crippen LogP contribution in [-0.4, -0.2) is 18.0 Å². The third-order valence-corrected chi connectivity index (χ3v) is 8.28. The van der Waals surface area contributed by atoms with E-state index in [1.807, 2.05) is 0 Å². The molecule has 0 spiro atoms. The summed E-state index contributed by atoms with van der Waals surface area (Å²) in [5.41, 5.74) is 3.05. The number of hydrogen-bond donors (Lipinski definition) is 1. The molecule has 2 fully saturated rings. The molecule has 0 radical (unpaired) electrons. The van der Waals surface area contributed by atoms with Crippen LogP contribution in [0, 0.1) is 28.6 Å². The minimum absolute atomic E-state index is 0.0480. The maximum absolute atomic E-state index is 11.6. The van der Waals surface area contributed by atoms with Crippen LogP contribution in [0.1, 0.15) is 72.6 Å². The summed E-state index contributed by atoms with van der Waals surface area (Å²) >= 11 is 0.